The lowest BCUT2D eigenvalue weighted by Gasteiger charge is -2.07. The molecule has 1 aromatic heterocycles. The first-order chi connectivity index (χ1) is 11.2. The molecule has 0 aliphatic heterocycles. The molecule has 0 radical (unpaired) electrons. The van der Waals surface area contributed by atoms with E-state index in [4.69, 9.17) is 11.6 Å². The number of sulfonamides is 1. The molecule has 0 unspecified atom stereocenters. The minimum absolute atomic E-state index is 0.0118. The summed E-state index contributed by atoms with van der Waals surface area (Å²) in [5, 5.41) is 15.5. The molecule has 0 saturated carbocycles. The molecule has 2 aromatic rings. The van der Waals surface area contributed by atoms with Gasteiger partial charge in [0, 0.05) is 25.2 Å². The molecule has 10 heteroatoms. The van der Waals surface area contributed by atoms with E-state index in [1.54, 1.807) is 4.68 Å². The van der Waals surface area contributed by atoms with Gasteiger partial charge >= 0.3 is 0 Å². The van der Waals surface area contributed by atoms with Gasteiger partial charge in [0.05, 0.1) is 26.2 Å². The predicted octanol–water partition coefficient (Wildman–Crippen LogP) is 2.43. The third-order valence-corrected chi connectivity index (χ3v) is 5.51. The fourth-order valence-electron chi connectivity index (χ4n) is 2.16. The Morgan fingerprint density at radius 3 is 2.42 bits per heavy atom. The van der Waals surface area contributed by atoms with Gasteiger partial charge < -0.3 is 0 Å². The van der Waals surface area contributed by atoms with E-state index in [0.717, 1.165) is 23.5 Å². The summed E-state index contributed by atoms with van der Waals surface area (Å²) in [5.74, 6) is 0. The van der Waals surface area contributed by atoms with Crippen LogP contribution < -0.4 is 4.72 Å². The van der Waals surface area contributed by atoms with E-state index in [1.807, 2.05) is 13.8 Å². The predicted molar refractivity (Wildman–Crippen MR) is 89.6 cm³/mol. The Morgan fingerprint density at radius 2 is 1.92 bits per heavy atom. The van der Waals surface area contributed by atoms with Crippen molar-refractivity contribution in [3.63, 3.8) is 0 Å². The van der Waals surface area contributed by atoms with Crippen LogP contribution >= 0.6 is 11.6 Å². The first-order valence-electron chi connectivity index (χ1n) is 7.16. The SMILES string of the molecule is Cc1nn(CCCNS(=O)(=O)c2ccc([N+](=O)[O-])cc2)c(C)c1Cl. The lowest BCUT2D eigenvalue weighted by atomic mass is 10.3. The number of aryl methyl sites for hydroxylation is 2. The van der Waals surface area contributed by atoms with Crippen molar-refractivity contribution in [1.29, 1.82) is 0 Å². The van der Waals surface area contributed by atoms with Crippen LogP contribution in [0, 0.1) is 24.0 Å². The second-order valence-corrected chi connectivity index (χ2v) is 7.36. The van der Waals surface area contributed by atoms with Gasteiger partial charge in [-0.05, 0) is 32.4 Å². The van der Waals surface area contributed by atoms with Gasteiger partial charge in [-0.2, -0.15) is 5.10 Å². The van der Waals surface area contributed by atoms with Crippen molar-refractivity contribution in [1.82, 2.24) is 14.5 Å². The smallest absolute Gasteiger partial charge is 0.268 e. The largest absolute Gasteiger partial charge is 0.269 e. The van der Waals surface area contributed by atoms with Crippen LogP contribution in [0.15, 0.2) is 29.2 Å². The van der Waals surface area contributed by atoms with E-state index >= 15 is 0 Å². The summed E-state index contributed by atoms with van der Waals surface area (Å²) in [7, 11) is -3.70. The number of benzene rings is 1. The topological polar surface area (TPSA) is 107 Å². The van der Waals surface area contributed by atoms with Crippen molar-refractivity contribution in [2.24, 2.45) is 0 Å². The average molecular weight is 373 g/mol. The highest BCUT2D eigenvalue weighted by Gasteiger charge is 2.15. The highest BCUT2D eigenvalue weighted by molar-refractivity contribution is 7.89. The molecule has 1 aromatic carbocycles. The van der Waals surface area contributed by atoms with E-state index in [9.17, 15) is 18.5 Å². The maximum Gasteiger partial charge on any atom is 0.269 e. The van der Waals surface area contributed by atoms with Crippen LogP contribution in [0.4, 0.5) is 5.69 Å². The number of rotatable bonds is 7. The van der Waals surface area contributed by atoms with Crippen LogP contribution in [0.2, 0.25) is 5.02 Å². The molecule has 8 nitrogen and oxygen atoms in total. The highest BCUT2D eigenvalue weighted by atomic mass is 35.5. The number of nitro groups is 1. The van der Waals surface area contributed by atoms with Crippen molar-refractivity contribution < 1.29 is 13.3 Å². The summed E-state index contributed by atoms with van der Waals surface area (Å²) < 4.78 is 28.4. The summed E-state index contributed by atoms with van der Waals surface area (Å²) in [5.41, 5.74) is 1.42. The minimum Gasteiger partial charge on any atom is -0.268 e. The van der Waals surface area contributed by atoms with Gasteiger partial charge in [-0.3, -0.25) is 14.8 Å². The molecule has 0 spiro atoms. The molecule has 0 saturated heterocycles. The summed E-state index contributed by atoms with van der Waals surface area (Å²) in [6, 6.07) is 4.74. The molecule has 1 heterocycles. The van der Waals surface area contributed by atoms with Crippen LogP contribution in [-0.2, 0) is 16.6 Å². The van der Waals surface area contributed by atoms with Gasteiger partial charge in [0.15, 0.2) is 0 Å². The molecular weight excluding hydrogens is 356 g/mol. The fourth-order valence-corrected chi connectivity index (χ4v) is 3.37. The Kier molecular flexibility index (Phi) is 5.58. The molecular formula is C14H17ClN4O4S. The van der Waals surface area contributed by atoms with Crippen LogP contribution in [0.1, 0.15) is 17.8 Å². The molecule has 0 bridgehead atoms. The third kappa shape index (κ3) is 4.11. The maximum atomic E-state index is 12.1. The number of hydrogen-bond donors (Lipinski definition) is 1. The molecule has 0 fully saturated rings. The van der Waals surface area contributed by atoms with E-state index in [2.05, 4.69) is 9.82 Å². The molecule has 0 aliphatic rings. The number of halogens is 1. The minimum atomic E-state index is -3.70. The van der Waals surface area contributed by atoms with Crippen molar-refractivity contribution in [3.05, 3.63) is 50.8 Å². The van der Waals surface area contributed by atoms with Gasteiger partial charge in [-0.1, -0.05) is 11.6 Å². The Morgan fingerprint density at radius 1 is 1.29 bits per heavy atom. The molecule has 0 aliphatic carbocycles. The molecule has 0 atom stereocenters. The lowest BCUT2D eigenvalue weighted by Crippen LogP contribution is -2.25. The Balaban J connectivity index is 1.93. The van der Waals surface area contributed by atoms with E-state index in [0.29, 0.717) is 18.0 Å². The van der Waals surface area contributed by atoms with Crippen molar-refractivity contribution in [2.45, 2.75) is 31.7 Å². The molecule has 1 N–H and O–H groups in total. The van der Waals surface area contributed by atoms with Gasteiger partial charge in [0.25, 0.3) is 5.69 Å². The van der Waals surface area contributed by atoms with Gasteiger partial charge in [0.1, 0.15) is 0 Å². The zero-order valence-electron chi connectivity index (χ0n) is 13.2. The number of aromatic nitrogens is 2. The standard InChI is InChI=1S/C14H17ClN4O4S/c1-10-14(15)11(2)18(17-10)9-3-8-16-24(22,23)13-6-4-12(5-7-13)19(20)21/h4-7,16H,3,8-9H2,1-2H3. The Labute approximate surface area is 144 Å². The first kappa shape index (κ1) is 18.4. The summed E-state index contributed by atoms with van der Waals surface area (Å²) in [4.78, 5) is 9.99. The van der Waals surface area contributed by atoms with E-state index in [-0.39, 0.29) is 17.1 Å². The van der Waals surface area contributed by atoms with Gasteiger partial charge in [0.2, 0.25) is 10.0 Å². The number of nitrogens with zero attached hydrogens (tertiary/aromatic N) is 3. The first-order valence-corrected chi connectivity index (χ1v) is 9.02. The lowest BCUT2D eigenvalue weighted by molar-refractivity contribution is -0.384. The number of nitrogens with one attached hydrogen (secondary N) is 1. The Hall–Kier alpha value is -1.97. The second-order valence-electron chi connectivity index (χ2n) is 5.21. The van der Waals surface area contributed by atoms with Crippen molar-refractivity contribution >= 4 is 27.3 Å². The summed E-state index contributed by atoms with van der Waals surface area (Å²) in [6.45, 7) is 4.41. The zero-order valence-corrected chi connectivity index (χ0v) is 14.8. The van der Waals surface area contributed by atoms with Crippen LogP contribution in [0.3, 0.4) is 0 Å². The number of non-ortho nitro benzene ring substituents is 1. The van der Waals surface area contributed by atoms with Crippen molar-refractivity contribution in [3.8, 4) is 0 Å². The van der Waals surface area contributed by atoms with Crippen LogP contribution in [0.25, 0.3) is 0 Å². The fraction of sp³-hybridized carbons (Fsp3) is 0.357. The van der Waals surface area contributed by atoms with Crippen LogP contribution in [-0.4, -0.2) is 29.7 Å². The summed E-state index contributed by atoms with van der Waals surface area (Å²) >= 11 is 6.06. The average Bonchev–Trinajstić information content (AvgIpc) is 2.79. The normalized spacial score (nSPS) is 11.6. The Bertz CT molecular complexity index is 846. The monoisotopic (exact) mass is 372 g/mol. The molecule has 2 rings (SSSR count). The zero-order chi connectivity index (χ0) is 17.9. The number of nitro benzene ring substituents is 1. The summed E-state index contributed by atoms with van der Waals surface area (Å²) in [6.07, 6.45) is 0.532. The van der Waals surface area contributed by atoms with Gasteiger partial charge in [-0.25, -0.2) is 13.1 Å². The third-order valence-electron chi connectivity index (χ3n) is 3.49. The van der Waals surface area contributed by atoms with Gasteiger partial charge in [-0.15, -0.1) is 0 Å². The van der Waals surface area contributed by atoms with Crippen molar-refractivity contribution in [2.75, 3.05) is 6.54 Å². The molecule has 0 amide bonds. The van der Waals surface area contributed by atoms with E-state index < -0.39 is 14.9 Å². The highest BCUT2D eigenvalue weighted by Crippen LogP contribution is 2.19. The van der Waals surface area contributed by atoms with Crippen LogP contribution in [0.5, 0.6) is 0 Å². The second kappa shape index (κ2) is 7.29. The number of hydrogen-bond acceptors (Lipinski definition) is 5. The molecule has 130 valence electrons. The van der Waals surface area contributed by atoms with E-state index in [1.165, 1.54) is 12.1 Å². The molecule has 24 heavy (non-hydrogen) atoms. The quantitative estimate of drug-likeness (QED) is 0.456. The maximum absolute atomic E-state index is 12.1.